The molecule has 0 aromatic heterocycles. The fourth-order valence-electron chi connectivity index (χ4n) is 2.24. The second-order valence-electron chi connectivity index (χ2n) is 5.02. The SMILES string of the molecule is O=C(NCc1cccc(Cl)c1)c1ccc2c(c1)OCCCO2. The van der Waals surface area contributed by atoms with Crippen molar-refractivity contribution in [3.63, 3.8) is 0 Å². The molecule has 1 aliphatic rings. The number of benzene rings is 2. The number of rotatable bonds is 3. The Hall–Kier alpha value is -2.20. The summed E-state index contributed by atoms with van der Waals surface area (Å²) in [5, 5.41) is 3.53. The lowest BCUT2D eigenvalue weighted by molar-refractivity contribution is 0.0950. The molecule has 0 unspecified atom stereocenters. The lowest BCUT2D eigenvalue weighted by atomic mass is 10.1. The van der Waals surface area contributed by atoms with Crippen molar-refractivity contribution in [2.24, 2.45) is 0 Å². The zero-order valence-corrected chi connectivity index (χ0v) is 12.7. The smallest absolute Gasteiger partial charge is 0.251 e. The van der Waals surface area contributed by atoms with Crippen LogP contribution in [-0.4, -0.2) is 19.1 Å². The number of ether oxygens (including phenoxy) is 2. The van der Waals surface area contributed by atoms with E-state index in [9.17, 15) is 4.79 Å². The molecule has 0 radical (unpaired) electrons. The van der Waals surface area contributed by atoms with Gasteiger partial charge in [0.25, 0.3) is 5.91 Å². The molecule has 0 saturated heterocycles. The topological polar surface area (TPSA) is 47.6 Å². The summed E-state index contributed by atoms with van der Waals surface area (Å²) in [7, 11) is 0. The van der Waals surface area contributed by atoms with Crippen LogP contribution < -0.4 is 14.8 Å². The van der Waals surface area contributed by atoms with Gasteiger partial charge in [0.15, 0.2) is 11.5 Å². The van der Waals surface area contributed by atoms with Crippen molar-refractivity contribution < 1.29 is 14.3 Å². The van der Waals surface area contributed by atoms with Gasteiger partial charge in [0.1, 0.15) is 0 Å². The summed E-state index contributed by atoms with van der Waals surface area (Å²) in [6.07, 6.45) is 0.838. The molecule has 4 nitrogen and oxygen atoms in total. The highest BCUT2D eigenvalue weighted by Crippen LogP contribution is 2.30. The molecular weight excluding hydrogens is 302 g/mol. The molecule has 2 aromatic carbocycles. The van der Waals surface area contributed by atoms with Crippen LogP contribution in [0.4, 0.5) is 0 Å². The van der Waals surface area contributed by atoms with E-state index in [1.165, 1.54) is 0 Å². The van der Waals surface area contributed by atoms with E-state index in [1.807, 2.05) is 18.2 Å². The third-order valence-electron chi connectivity index (χ3n) is 3.35. The maximum atomic E-state index is 12.2. The van der Waals surface area contributed by atoms with E-state index in [0.717, 1.165) is 12.0 Å². The Labute approximate surface area is 134 Å². The van der Waals surface area contributed by atoms with Crippen molar-refractivity contribution in [3.05, 3.63) is 58.6 Å². The van der Waals surface area contributed by atoms with Gasteiger partial charge in [0, 0.05) is 23.6 Å². The highest BCUT2D eigenvalue weighted by atomic mass is 35.5. The Bertz CT molecular complexity index is 687. The van der Waals surface area contributed by atoms with Gasteiger partial charge in [-0.2, -0.15) is 0 Å². The van der Waals surface area contributed by atoms with E-state index in [1.54, 1.807) is 24.3 Å². The lowest BCUT2D eigenvalue weighted by Gasteiger charge is -2.10. The number of hydrogen-bond acceptors (Lipinski definition) is 3. The molecule has 0 atom stereocenters. The van der Waals surface area contributed by atoms with Gasteiger partial charge in [-0.15, -0.1) is 0 Å². The maximum absolute atomic E-state index is 12.2. The van der Waals surface area contributed by atoms with Crippen molar-refractivity contribution in [2.45, 2.75) is 13.0 Å². The number of halogens is 1. The predicted molar refractivity (Wildman–Crippen MR) is 84.7 cm³/mol. The van der Waals surface area contributed by atoms with Crippen molar-refractivity contribution >= 4 is 17.5 Å². The van der Waals surface area contributed by atoms with E-state index in [2.05, 4.69) is 5.32 Å². The van der Waals surface area contributed by atoms with Gasteiger partial charge in [-0.05, 0) is 35.9 Å². The summed E-state index contributed by atoms with van der Waals surface area (Å²) < 4.78 is 11.1. The van der Waals surface area contributed by atoms with Crippen LogP contribution in [0, 0.1) is 0 Å². The third-order valence-corrected chi connectivity index (χ3v) is 3.59. The first kappa shape index (κ1) is 14.7. The summed E-state index contributed by atoms with van der Waals surface area (Å²) in [5.74, 6) is 1.15. The quantitative estimate of drug-likeness (QED) is 0.943. The molecule has 0 fully saturated rings. The van der Waals surface area contributed by atoms with Crippen LogP contribution >= 0.6 is 11.6 Å². The minimum Gasteiger partial charge on any atom is -0.490 e. The highest BCUT2D eigenvalue weighted by Gasteiger charge is 2.14. The zero-order chi connectivity index (χ0) is 15.4. The molecule has 0 saturated carbocycles. The fraction of sp³-hybridized carbons (Fsp3) is 0.235. The van der Waals surface area contributed by atoms with Crippen LogP contribution in [0.3, 0.4) is 0 Å². The van der Waals surface area contributed by atoms with Gasteiger partial charge >= 0.3 is 0 Å². The Balaban J connectivity index is 1.68. The van der Waals surface area contributed by atoms with Crippen LogP contribution in [0.5, 0.6) is 11.5 Å². The molecule has 114 valence electrons. The number of nitrogens with one attached hydrogen (secondary N) is 1. The van der Waals surface area contributed by atoms with Crippen LogP contribution in [0.2, 0.25) is 5.02 Å². The minimum atomic E-state index is -0.157. The molecule has 0 bridgehead atoms. The summed E-state index contributed by atoms with van der Waals surface area (Å²) in [6.45, 7) is 1.65. The van der Waals surface area contributed by atoms with Crippen molar-refractivity contribution in [2.75, 3.05) is 13.2 Å². The number of carbonyl (C=O) groups is 1. The average molecular weight is 318 g/mol. The third kappa shape index (κ3) is 3.52. The van der Waals surface area contributed by atoms with Crippen LogP contribution in [0.1, 0.15) is 22.3 Å². The van der Waals surface area contributed by atoms with Crippen molar-refractivity contribution in [1.29, 1.82) is 0 Å². The summed E-state index contributed by atoms with van der Waals surface area (Å²) in [5.41, 5.74) is 1.50. The van der Waals surface area contributed by atoms with E-state index >= 15 is 0 Å². The lowest BCUT2D eigenvalue weighted by Crippen LogP contribution is -2.22. The zero-order valence-electron chi connectivity index (χ0n) is 12.0. The molecule has 3 rings (SSSR count). The Morgan fingerprint density at radius 3 is 2.73 bits per heavy atom. The molecule has 1 heterocycles. The summed E-state index contributed by atoms with van der Waals surface area (Å²) in [6, 6.07) is 12.6. The number of hydrogen-bond donors (Lipinski definition) is 1. The maximum Gasteiger partial charge on any atom is 0.251 e. The molecule has 22 heavy (non-hydrogen) atoms. The Morgan fingerprint density at radius 1 is 1.09 bits per heavy atom. The van der Waals surface area contributed by atoms with E-state index in [4.69, 9.17) is 21.1 Å². The number of amides is 1. The van der Waals surface area contributed by atoms with Gasteiger partial charge in [-0.1, -0.05) is 23.7 Å². The van der Waals surface area contributed by atoms with Gasteiger partial charge in [0.05, 0.1) is 13.2 Å². The second-order valence-corrected chi connectivity index (χ2v) is 5.46. The minimum absolute atomic E-state index is 0.157. The number of fused-ring (bicyclic) bond motifs is 1. The number of carbonyl (C=O) groups excluding carboxylic acids is 1. The van der Waals surface area contributed by atoms with Crippen LogP contribution in [0.15, 0.2) is 42.5 Å². The van der Waals surface area contributed by atoms with Gasteiger partial charge in [0.2, 0.25) is 0 Å². The van der Waals surface area contributed by atoms with E-state index in [0.29, 0.717) is 41.8 Å². The van der Waals surface area contributed by atoms with Crippen LogP contribution in [0.25, 0.3) is 0 Å². The molecule has 5 heteroatoms. The van der Waals surface area contributed by atoms with Gasteiger partial charge in [-0.25, -0.2) is 0 Å². The van der Waals surface area contributed by atoms with Crippen molar-refractivity contribution in [3.8, 4) is 11.5 Å². The van der Waals surface area contributed by atoms with Crippen LogP contribution in [-0.2, 0) is 6.54 Å². The van der Waals surface area contributed by atoms with E-state index < -0.39 is 0 Å². The first-order valence-electron chi connectivity index (χ1n) is 7.15. The molecular formula is C17H16ClNO3. The van der Waals surface area contributed by atoms with Gasteiger partial charge in [-0.3, -0.25) is 4.79 Å². The first-order chi connectivity index (χ1) is 10.7. The normalized spacial score (nSPS) is 13.3. The first-order valence-corrected chi connectivity index (χ1v) is 7.52. The highest BCUT2D eigenvalue weighted by molar-refractivity contribution is 6.30. The summed E-state index contributed by atoms with van der Waals surface area (Å²) in [4.78, 5) is 12.2. The Morgan fingerprint density at radius 2 is 1.91 bits per heavy atom. The second kappa shape index (κ2) is 6.71. The average Bonchev–Trinajstić information content (AvgIpc) is 2.77. The molecule has 0 spiro atoms. The molecule has 1 N–H and O–H groups in total. The van der Waals surface area contributed by atoms with E-state index in [-0.39, 0.29) is 5.91 Å². The van der Waals surface area contributed by atoms with Gasteiger partial charge < -0.3 is 14.8 Å². The summed E-state index contributed by atoms with van der Waals surface area (Å²) >= 11 is 5.93. The molecule has 0 aliphatic carbocycles. The molecule has 1 amide bonds. The fourth-order valence-corrected chi connectivity index (χ4v) is 2.45. The predicted octanol–water partition coefficient (Wildman–Crippen LogP) is 3.43. The molecule has 1 aliphatic heterocycles. The van der Waals surface area contributed by atoms with Crippen molar-refractivity contribution in [1.82, 2.24) is 5.32 Å². The monoisotopic (exact) mass is 317 g/mol. The largest absolute Gasteiger partial charge is 0.490 e. The molecule has 2 aromatic rings. The Kier molecular flexibility index (Phi) is 4.49. The standard InChI is InChI=1S/C17H16ClNO3/c18-14-4-1-3-12(9-14)11-19-17(20)13-5-6-15-16(10-13)22-8-2-7-21-15/h1,3-6,9-10H,2,7-8,11H2,(H,19,20).